The molecule has 0 aromatic heterocycles. The molecule has 1 aromatic carbocycles. The Bertz CT molecular complexity index is 611. The molecule has 3 rings (SSSR count). The summed E-state index contributed by atoms with van der Waals surface area (Å²) >= 11 is 0. The summed E-state index contributed by atoms with van der Waals surface area (Å²) in [6.45, 7) is 3.00. The van der Waals surface area contributed by atoms with E-state index in [4.69, 9.17) is 0 Å². The van der Waals surface area contributed by atoms with E-state index in [0.717, 1.165) is 37.7 Å². The van der Waals surface area contributed by atoms with Crippen LogP contribution in [0.15, 0.2) is 30.3 Å². The van der Waals surface area contributed by atoms with Gasteiger partial charge in [-0.25, -0.2) is 0 Å². The molecule has 1 aliphatic carbocycles. The van der Waals surface area contributed by atoms with Gasteiger partial charge >= 0.3 is 0 Å². The van der Waals surface area contributed by atoms with Gasteiger partial charge in [0, 0.05) is 26.6 Å². The molecular weight excluding hydrogens is 316 g/mol. The highest BCUT2D eigenvalue weighted by Gasteiger charge is 2.39. The van der Waals surface area contributed by atoms with Crippen molar-refractivity contribution in [1.29, 1.82) is 0 Å². The summed E-state index contributed by atoms with van der Waals surface area (Å²) < 4.78 is 0. The van der Waals surface area contributed by atoms with Crippen LogP contribution in [0.25, 0.3) is 0 Å². The first kappa shape index (κ1) is 17.9. The van der Waals surface area contributed by atoms with Gasteiger partial charge in [0.05, 0.1) is 5.60 Å². The van der Waals surface area contributed by atoms with Crippen LogP contribution in [0.1, 0.15) is 51.0 Å². The molecule has 5 nitrogen and oxygen atoms in total. The maximum atomic E-state index is 13.2. The summed E-state index contributed by atoms with van der Waals surface area (Å²) in [7, 11) is 0. The van der Waals surface area contributed by atoms with E-state index in [0.29, 0.717) is 26.1 Å². The quantitative estimate of drug-likeness (QED) is 0.892. The fourth-order valence-corrected chi connectivity index (χ4v) is 4.17. The van der Waals surface area contributed by atoms with Crippen LogP contribution < -0.4 is 0 Å². The number of carbonyl (C=O) groups excluding carboxylic acids is 2. The predicted molar refractivity (Wildman–Crippen MR) is 95.7 cm³/mol. The third-order valence-corrected chi connectivity index (χ3v) is 5.49. The summed E-state index contributed by atoms with van der Waals surface area (Å²) in [5.74, 6) is -0.0769. The molecule has 1 saturated heterocycles. The zero-order chi connectivity index (χ0) is 17.9. The van der Waals surface area contributed by atoms with E-state index in [-0.39, 0.29) is 17.9 Å². The SMILES string of the molecule is CC(=O)N1CCCC1C(=O)N(Cc1ccccc1)CC1(O)CCCC1. The minimum atomic E-state index is -0.788. The molecule has 2 fully saturated rings. The number of carbonyl (C=O) groups is 2. The van der Waals surface area contributed by atoms with Gasteiger partial charge in [-0.1, -0.05) is 43.2 Å². The van der Waals surface area contributed by atoms with E-state index in [1.807, 2.05) is 30.3 Å². The molecule has 1 atom stereocenters. The lowest BCUT2D eigenvalue weighted by molar-refractivity contribution is -0.145. The Morgan fingerprint density at radius 2 is 1.88 bits per heavy atom. The van der Waals surface area contributed by atoms with Gasteiger partial charge in [0.1, 0.15) is 6.04 Å². The van der Waals surface area contributed by atoms with Gasteiger partial charge in [0.2, 0.25) is 11.8 Å². The predicted octanol–water partition coefficient (Wildman–Crippen LogP) is 2.33. The van der Waals surface area contributed by atoms with Crippen LogP contribution in [0.4, 0.5) is 0 Å². The van der Waals surface area contributed by atoms with Gasteiger partial charge in [-0.05, 0) is 31.2 Å². The smallest absolute Gasteiger partial charge is 0.245 e. The average molecular weight is 344 g/mol. The lowest BCUT2D eigenvalue weighted by Gasteiger charge is -2.35. The molecule has 1 N–H and O–H groups in total. The summed E-state index contributed by atoms with van der Waals surface area (Å²) in [6.07, 6.45) is 5.07. The molecule has 1 saturated carbocycles. The maximum absolute atomic E-state index is 13.2. The summed E-state index contributed by atoms with van der Waals surface area (Å²) in [5, 5.41) is 10.8. The zero-order valence-electron chi connectivity index (χ0n) is 15.0. The Morgan fingerprint density at radius 1 is 1.20 bits per heavy atom. The Balaban J connectivity index is 1.79. The first-order valence-corrected chi connectivity index (χ1v) is 9.31. The van der Waals surface area contributed by atoms with Gasteiger partial charge < -0.3 is 14.9 Å². The summed E-state index contributed by atoms with van der Waals surface area (Å²) in [4.78, 5) is 28.5. The second kappa shape index (κ2) is 7.56. The van der Waals surface area contributed by atoms with Crippen molar-refractivity contribution in [2.75, 3.05) is 13.1 Å². The number of benzene rings is 1. The average Bonchev–Trinajstić information content (AvgIpc) is 3.24. The largest absolute Gasteiger partial charge is 0.388 e. The third kappa shape index (κ3) is 4.21. The van der Waals surface area contributed by atoms with Gasteiger partial charge in [0.25, 0.3) is 0 Å². The van der Waals surface area contributed by atoms with E-state index in [1.54, 1.807) is 9.80 Å². The Morgan fingerprint density at radius 3 is 2.52 bits per heavy atom. The molecular formula is C20H28N2O3. The number of likely N-dealkylation sites (tertiary alicyclic amines) is 1. The molecule has 1 heterocycles. The minimum Gasteiger partial charge on any atom is -0.388 e. The van der Waals surface area contributed by atoms with Crippen molar-refractivity contribution in [3.05, 3.63) is 35.9 Å². The van der Waals surface area contributed by atoms with Crippen LogP contribution in [-0.4, -0.2) is 51.5 Å². The fraction of sp³-hybridized carbons (Fsp3) is 0.600. The molecule has 1 aliphatic heterocycles. The number of hydrogen-bond acceptors (Lipinski definition) is 3. The zero-order valence-corrected chi connectivity index (χ0v) is 15.0. The molecule has 136 valence electrons. The van der Waals surface area contributed by atoms with Crippen molar-refractivity contribution in [1.82, 2.24) is 9.80 Å². The second-order valence-electron chi connectivity index (χ2n) is 7.48. The Hall–Kier alpha value is -1.88. The van der Waals surface area contributed by atoms with Gasteiger partial charge in [-0.3, -0.25) is 9.59 Å². The highest BCUT2D eigenvalue weighted by molar-refractivity contribution is 5.87. The van der Waals surface area contributed by atoms with Gasteiger partial charge in [0.15, 0.2) is 0 Å². The van der Waals surface area contributed by atoms with E-state index < -0.39 is 5.60 Å². The lowest BCUT2D eigenvalue weighted by Crippen LogP contribution is -2.51. The van der Waals surface area contributed by atoms with Crippen LogP contribution in [0.2, 0.25) is 0 Å². The normalized spacial score (nSPS) is 22.2. The number of hydrogen-bond donors (Lipinski definition) is 1. The lowest BCUT2D eigenvalue weighted by atomic mass is 10.0. The number of nitrogens with zero attached hydrogens (tertiary/aromatic N) is 2. The monoisotopic (exact) mass is 344 g/mol. The first-order valence-electron chi connectivity index (χ1n) is 9.31. The van der Waals surface area contributed by atoms with Crippen LogP contribution in [0.3, 0.4) is 0 Å². The van der Waals surface area contributed by atoms with E-state index in [9.17, 15) is 14.7 Å². The van der Waals surface area contributed by atoms with Crippen molar-refractivity contribution in [3.63, 3.8) is 0 Å². The van der Waals surface area contributed by atoms with Gasteiger partial charge in [-0.2, -0.15) is 0 Å². The minimum absolute atomic E-state index is 0.0307. The third-order valence-electron chi connectivity index (χ3n) is 5.49. The van der Waals surface area contributed by atoms with Gasteiger partial charge in [-0.15, -0.1) is 0 Å². The second-order valence-corrected chi connectivity index (χ2v) is 7.48. The summed E-state index contributed by atoms with van der Waals surface area (Å²) in [5.41, 5.74) is 0.259. The molecule has 0 spiro atoms. The van der Waals surface area contributed by atoms with Crippen LogP contribution in [0, 0.1) is 0 Å². The topological polar surface area (TPSA) is 60.9 Å². The molecule has 25 heavy (non-hydrogen) atoms. The van der Waals surface area contributed by atoms with Crippen LogP contribution in [0.5, 0.6) is 0 Å². The van der Waals surface area contributed by atoms with Crippen molar-refractivity contribution in [3.8, 4) is 0 Å². The Labute approximate surface area is 149 Å². The van der Waals surface area contributed by atoms with E-state index in [2.05, 4.69) is 0 Å². The van der Waals surface area contributed by atoms with Crippen LogP contribution in [-0.2, 0) is 16.1 Å². The highest BCUT2D eigenvalue weighted by Crippen LogP contribution is 2.31. The van der Waals surface area contributed by atoms with Crippen molar-refractivity contribution >= 4 is 11.8 Å². The van der Waals surface area contributed by atoms with E-state index in [1.165, 1.54) is 6.92 Å². The van der Waals surface area contributed by atoms with Crippen LogP contribution >= 0.6 is 0 Å². The standard InChI is InChI=1S/C20H28N2O3/c1-16(23)22-13-7-10-18(22)19(24)21(14-17-8-3-2-4-9-17)15-20(25)11-5-6-12-20/h2-4,8-9,18,25H,5-7,10-15H2,1H3. The number of amides is 2. The molecule has 2 amide bonds. The molecule has 0 radical (unpaired) electrons. The number of aliphatic hydroxyl groups is 1. The Kier molecular flexibility index (Phi) is 5.42. The highest BCUT2D eigenvalue weighted by atomic mass is 16.3. The summed E-state index contributed by atoms with van der Waals surface area (Å²) in [6, 6.07) is 9.48. The molecule has 1 unspecified atom stereocenters. The molecule has 1 aromatic rings. The maximum Gasteiger partial charge on any atom is 0.245 e. The van der Waals surface area contributed by atoms with Crippen molar-refractivity contribution in [2.24, 2.45) is 0 Å². The van der Waals surface area contributed by atoms with E-state index >= 15 is 0 Å². The number of rotatable bonds is 5. The molecule has 2 aliphatic rings. The molecule has 5 heteroatoms. The van der Waals surface area contributed by atoms with Crippen molar-refractivity contribution in [2.45, 2.75) is 63.6 Å². The first-order chi connectivity index (χ1) is 12.0. The van der Waals surface area contributed by atoms with Crippen molar-refractivity contribution < 1.29 is 14.7 Å². The molecule has 0 bridgehead atoms. The fourth-order valence-electron chi connectivity index (χ4n) is 4.17.